The normalized spacial score (nSPS) is 13.2. The van der Waals surface area contributed by atoms with Gasteiger partial charge in [0.05, 0.1) is 0 Å². The molecule has 1 aliphatic carbocycles. The molecule has 2 aromatic heterocycles. The molecule has 4 rings (SSSR count). The Morgan fingerprint density at radius 3 is 2.65 bits per heavy atom. The smallest absolute Gasteiger partial charge is 0.229 e. The van der Waals surface area contributed by atoms with Crippen LogP contribution in [0.15, 0.2) is 36.4 Å². The summed E-state index contributed by atoms with van der Waals surface area (Å²) in [5, 5.41) is 13.9. The molecule has 130 valence electrons. The Labute approximate surface area is 152 Å². The van der Waals surface area contributed by atoms with Crippen molar-refractivity contribution in [2.45, 2.75) is 32.1 Å². The van der Waals surface area contributed by atoms with Crippen LogP contribution in [0, 0.1) is 19.3 Å². The third-order valence-corrected chi connectivity index (χ3v) is 4.24. The van der Waals surface area contributed by atoms with Crippen LogP contribution in [-0.4, -0.2) is 20.2 Å². The van der Waals surface area contributed by atoms with Crippen molar-refractivity contribution in [2.24, 2.45) is 0 Å². The molecule has 26 heavy (non-hydrogen) atoms. The number of aryl methyl sites for hydroxylation is 1. The summed E-state index contributed by atoms with van der Waals surface area (Å²) in [5.41, 5.74) is 4.07. The molecular weight excluding hydrogens is 324 g/mol. The molecule has 0 bridgehead atoms. The Kier molecular flexibility index (Phi) is 4.28. The number of H-pyrrole nitrogens is 1. The van der Waals surface area contributed by atoms with Crippen LogP contribution in [0.3, 0.4) is 0 Å². The molecule has 0 amide bonds. The monoisotopic (exact) mass is 344 g/mol. The van der Waals surface area contributed by atoms with Gasteiger partial charge in [-0.25, -0.2) is 4.98 Å². The molecule has 3 aromatic rings. The average Bonchev–Trinajstić information content (AvgIpc) is 3.36. The molecule has 6 nitrogen and oxygen atoms in total. The fraction of sp³-hybridized carbons (Fsp3) is 0.250. The molecule has 0 spiro atoms. The summed E-state index contributed by atoms with van der Waals surface area (Å²) in [4.78, 5) is 8.98. The maximum absolute atomic E-state index is 5.34. The third kappa shape index (κ3) is 3.83. The predicted octanol–water partition coefficient (Wildman–Crippen LogP) is 4.05. The number of nitrogens with zero attached hydrogens (tertiary/aromatic N) is 3. The van der Waals surface area contributed by atoms with Crippen molar-refractivity contribution in [1.29, 1.82) is 0 Å². The van der Waals surface area contributed by atoms with Crippen molar-refractivity contribution in [3.8, 4) is 12.3 Å². The predicted molar refractivity (Wildman–Crippen MR) is 103 cm³/mol. The van der Waals surface area contributed by atoms with E-state index in [0.29, 0.717) is 24.1 Å². The van der Waals surface area contributed by atoms with Crippen LogP contribution in [0.25, 0.3) is 0 Å². The molecule has 0 radical (unpaired) electrons. The third-order valence-electron chi connectivity index (χ3n) is 4.24. The number of rotatable bonds is 6. The highest BCUT2D eigenvalue weighted by Crippen LogP contribution is 2.39. The van der Waals surface area contributed by atoms with E-state index in [9.17, 15) is 0 Å². The van der Waals surface area contributed by atoms with E-state index < -0.39 is 0 Å². The van der Waals surface area contributed by atoms with Crippen LogP contribution >= 0.6 is 0 Å². The summed E-state index contributed by atoms with van der Waals surface area (Å²) in [5.74, 6) is 5.30. The van der Waals surface area contributed by atoms with Crippen molar-refractivity contribution in [2.75, 3.05) is 10.6 Å². The number of aromatic nitrogens is 4. The number of terminal acetylenes is 1. The van der Waals surface area contributed by atoms with E-state index in [-0.39, 0.29) is 0 Å². The van der Waals surface area contributed by atoms with Gasteiger partial charge in [-0.15, -0.1) is 12.3 Å². The van der Waals surface area contributed by atoms with Gasteiger partial charge in [0, 0.05) is 41.5 Å². The Morgan fingerprint density at radius 2 is 1.92 bits per heavy atom. The molecule has 1 saturated carbocycles. The summed E-state index contributed by atoms with van der Waals surface area (Å²) in [7, 11) is 0. The van der Waals surface area contributed by atoms with Crippen LogP contribution in [0.1, 0.15) is 35.7 Å². The van der Waals surface area contributed by atoms with Gasteiger partial charge in [0.1, 0.15) is 5.82 Å². The molecule has 2 heterocycles. The fourth-order valence-electron chi connectivity index (χ4n) is 2.78. The first kappa shape index (κ1) is 16.2. The highest BCUT2D eigenvalue weighted by atomic mass is 15.2. The SMILES string of the molecule is C#CCc1ccc(Nc2nc(C)cc(Nc3cc(C4CC4)[nH]n3)n2)cc1. The highest BCUT2D eigenvalue weighted by molar-refractivity contribution is 5.58. The molecule has 1 aliphatic rings. The number of hydrogen-bond acceptors (Lipinski definition) is 5. The number of anilines is 4. The molecular formula is C20H20N6. The summed E-state index contributed by atoms with van der Waals surface area (Å²) >= 11 is 0. The lowest BCUT2D eigenvalue weighted by molar-refractivity contribution is 0.966. The average molecular weight is 344 g/mol. The molecule has 0 saturated heterocycles. The van der Waals surface area contributed by atoms with E-state index in [1.54, 1.807) is 0 Å². The van der Waals surface area contributed by atoms with E-state index in [1.807, 2.05) is 43.3 Å². The van der Waals surface area contributed by atoms with E-state index >= 15 is 0 Å². The van der Waals surface area contributed by atoms with Crippen LogP contribution < -0.4 is 10.6 Å². The lowest BCUT2D eigenvalue weighted by Crippen LogP contribution is -2.02. The first-order valence-corrected chi connectivity index (χ1v) is 8.67. The molecule has 1 aromatic carbocycles. The second kappa shape index (κ2) is 6.89. The number of aromatic amines is 1. The maximum atomic E-state index is 5.34. The second-order valence-corrected chi connectivity index (χ2v) is 6.53. The van der Waals surface area contributed by atoms with Crippen molar-refractivity contribution < 1.29 is 0 Å². The van der Waals surface area contributed by atoms with Gasteiger partial charge in [-0.1, -0.05) is 12.1 Å². The number of hydrogen-bond donors (Lipinski definition) is 3. The van der Waals surface area contributed by atoms with Crippen LogP contribution in [0.4, 0.5) is 23.3 Å². The quantitative estimate of drug-likeness (QED) is 0.588. The standard InChI is InChI=1S/C20H20N6/c1-3-4-14-5-9-16(10-6-14)22-20-21-13(2)11-18(24-20)23-19-12-17(25-26-19)15-7-8-15/h1,5-6,9-12,15H,4,7-8H2,2H3,(H3,21,22,23,24,25,26). The number of nitrogens with one attached hydrogen (secondary N) is 3. The fourth-order valence-corrected chi connectivity index (χ4v) is 2.78. The van der Waals surface area contributed by atoms with E-state index in [0.717, 1.165) is 22.8 Å². The summed E-state index contributed by atoms with van der Waals surface area (Å²) in [6, 6.07) is 11.9. The van der Waals surface area contributed by atoms with E-state index in [4.69, 9.17) is 6.42 Å². The van der Waals surface area contributed by atoms with Crippen molar-refractivity contribution in [3.63, 3.8) is 0 Å². The maximum Gasteiger partial charge on any atom is 0.229 e. The Hall–Kier alpha value is -3.33. The zero-order valence-corrected chi connectivity index (χ0v) is 14.6. The zero-order valence-electron chi connectivity index (χ0n) is 14.6. The van der Waals surface area contributed by atoms with Gasteiger partial charge < -0.3 is 10.6 Å². The molecule has 0 unspecified atom stereocenters. The molecule has 1 fully saturated rings. The first-order valence-electron chi connectivity index (χ1n) is 8.67. The lowest BCUT2D eigenvalue weighted by Gasteiger charge is -2.09. The van der Waals surface area contributed by atoms with Gasteiger partial charge in [-0.3, -0.25) is 5.10 Å². The minimum atomic E-state index is 0.537. The van der Waals surface area contributed by atoms with Crippen LogP contribution in [-0.2, 0) is 6.42 Å². The van der Waals surface area contributed by atoms with E-state index in [2.05, 4.69) is 36.7 Å². The van der Waals surface area contributed by atoms with Crippen molar-refractivity contribution >= 4 is 23.3 Å². The van der Waals surface area contributed by atoms with Gasteiger partial charge in [-0.2, -0.15) is 10.1 Å². The summed E-state index contributed by atoms with van der Waals surface area (Å²) in [6.45, 7) is 1.94. The van der Waals surface area contributed by atoms with Gasteiger partial charge in [0.15, 0.2) is 5.82 Å². The Bertz CT molecular complexity index is 947. The Morgan fingerprint density at radius 1 is 1.12 bits per heavy atom. The van der Waals surface area contributed by atoms with E-state index in [1.165, 1.54) is 18.5 Å². The zero-order chi connectivity index (χ0) is 17.9. The minimum absolute atomic E-state index is 0.537. The molecule has 0 atom stereocenters. The minimum Gasteiger partial charge on any atom is -0.324 e. The van der Waals surface area contributed by atoms with Crippen LogP contribution in [0.2, 0.25) is 0 Å². The van der Waals surface area contributed by atoms with Gasteiger partial charge in [-0.05, 0) is 37.5 Å². The topological polar surface area (TPSA) is 78.5 Å². The second-order valence-electron chi connectivity index (χ2n) is 6.53. The number of benzene rings is 1. The molecule has 6 heteroatoms. The van der Waals surface area contributed by atoms with Gasteiger partial charge in [0.25, 0.3) is 0 Å². The van der Waals surface area contributed by atoms with Crippen molar-refractivity contribution in [1.82, 2.24) is 20.2 Å². The van der Waals surface area contributed by atoms with Crippen molar-refractivity contribution in [3.05, 3.63) is 53.3 Å². The van der Waals surface area contributed by atoms with Crippen LogP contribution in [0.5, 0.6) is 0 Å². The summed E-state index contributed by atoms with van der Waals surface area (Å²) < 4.78 is 0. The largest absolute Gasteiger partial charge is 0.324 e. The van der Waals surface area contributed by atoms with Gasteiger partial charge >= 0.3 is 0 Å². The molecule has 3 N–H and O–H groups in total. The molecule has 0 aliphatic heterocycles. The summed E-state index contributed by atoms with van der Waals surface area (Å²) in [6.07, 6.45) is 8.44. The first-order chi connectivity index (χ1) is 12.7. The van der Waals surface area contributed by atoms with Gasteiger partial charge in [0.2, 0.25) is 5.95 Å². The highest BCUT2D eigenvalue weighted by Gasteiger charge is 2.25. The lowest BCUT2D eigenvalue weighted by atomic mass is 10.1. The Balaban J connectivity index is 1.48.